The van der Waals surface area contributed by atoms with Crippen LogP contribution in [0.3, 0.4) is 0 Å². The molecule has 0 unspecified atom stereocenters. The molecule has 0 aliphatic carbocycles. The second-order valence-corrected chi connectivity index (χ2v) is 2.53. The third-order valence-electron chi connectivity index (χ3n) is 1.54. The fraction of sp³-hybridized carbons (Fsp3) is 0.667. The average molecular weight is 206 g/mol. The summed E-state index contributed by atoms with van der Waals surface area (Å²) >= 11 is 0. The van der Waals surface area contributed by atoms with Gasteiger partial charge in [-0.2, -0.15) is 0 Å². The largest absolute Gasteiger partial charge is 0.499 e. The molecule has 0 saturated carbocycles. The Morgan fingerprint density at radius 1 is 1.21 bits per heavy atom. The lowest BCUT2D eigenvalue weighted by atomic mass is 10.0. The molecule has 0 spiro atoms. The Morgan fingerprint density at radius 2 is 1.71 bits per heavy atom. The first-order valence-electron chi connectivity index (χ1n) is 3.57. The maximum Gasteiger partial charge on any atom is 0.405 e. The third kappa shape index (κ3) is 2.92. The van der Waals surface area contributed by atoms with Gasteiger partial charge >= 0.3 is 5.91 Å². The molecular weight excluding hydrogens is 196 g/mol. The van der Waals surface area contributed by atoms with Crippen molar-refractivity contribution in [2.45, 2.75) is 24.4 Å². The van der Waals surface area contributed by atoms with E-state index in [1.807, 2.05) is 0 Å². The summed E-state index contributed by atoms with van der Waals surface area (Å²) in [5.74, 6) is -1.37. The Morgan fingerprint density at radius 3 is 2.07 bits per heavy atom. The number of aldehydes is 1. The fourth-order valence-electron chi connectivity index (χ4n) is 0.691. The van der Waals surface area contributed by atoms with Crippen LogP contribution < -0.4 is 5.11 Å². The van der Waals surface area contributed by atoms with Gasteiger partial charge in [-0.1, -0.05) is 0 Å². The van der Waals surface area contributed by atoms with Crippen molar-refractivity contribution < 1.29 is 35.1 Å². The number of carbonyl (C=O) groups excluding carboxylic acids is 2. The maximum absolute atomic E-state index is 10.5. The standard InChI is InChI=1S/C6H10N2O6/c7-8-6(14)5(13)4(12)3(11)2(10)1-9/h1-5,8,10-13H/t2-,3+,4-,5-/m0/s1. The van der Waals surface area contributed by atoms with Crippen LogP contribution in [-0.2, 0) is 9.59 Å². The van der Waals surface area contributed by atoms with Crippen LogP contribution in [0.1, 0.15) is 0 Å². The zero-order valence-electron chi connectivity index (χ0n) is 6.94. The Kier molecular flexibility index (Phi) is 5.02. The smallest absolute Gasteiger partial charge is 0.405 e. The van der Waals surface area contributed by atoms with Crippen molar-refractivity contribution in [3.63, 3.8) is 0 Å². The molecule has 0 heterocycles. The van der Waals surface area contributed by atoms with E-state index in [1.54, 1.807) is 0 Å². The number of amides is 1. The minimum absolute atomic E-state index is 0.0720. The van der Waals surface area contributed by atoms with Gasteiger partial charge in [0.2, 0.25) is 6.10 Å². The zero-order chi connectivity index (χ0) is 11.3. The molecule has 1 amide bonds. The summed E-state index contributed by atoms with van der Waals surface area (Å²) < 4.78 is 0. The Bertz CT molecular complexity index is 232. The number of aliphatic hydroxyl groups is 4. The normalized spacial score (nSPS) is 19.1. The predicted octanol–water partition coefficient (Wildman–Crippen LogP) is -4.74. The summed E-state index contributed by atoms with van der Waals surface area (Å²) in [6.07, 6.45) is -8.24. The monoisotopic (exact) mass is 206 g/mol. The Hall–Kier alpha value is -1.22. The number of hydrogen-bond donors (Lipinski definition) is 5. The van der Waals surface area contributed by atoms with Crippen LogP contribution in [0.25, 0.3) is 5.53 Å². The van der Waals surface area contributed by atoms with E-state index in [0.29, 0.717) is 0 Å². The molecule has 80 valence electrons. The second-order valence-electron chi connectivity index (χ2n) is 2.53. The van der Waals surface area contributed by atoms with Crippen molar-refractivity contribution in [1.29, 1.82) is 0 Å². The van der Waals surface area contributed by atoms with Crippen molar-refractivity contribution in [3.8, 4) is 0 Å². The van der Waals surface area contributed by atoms with Gasteiger partial charge in [0.25, 0.3) is 0 Å². The van der Waals surface area contributed by atoms with Crippen LogP contribution in [0.4, 0.5) is 0 Å². The molecule has 0 saturated heterocycles. The molecule has 14 heavy (non-hydrogen) atoms. The summed E-state index contributed by atoms with van der Waals surface area (Å²) in [5.41, 5.74) is 8.05. The summed E-state index contributed by atoms with van der Waals surface area (Å²) in [4.78, 5) is 20.5. The maximum atomic E-state index is 10.5. The molecule has 8 heteroatoms. The zero-order valence-corrected chi connectivity index (χ0v) is 6.94. The molecule has 0 radical (unpaired) electrons. The molecule has 0 aliphatic heterocycles. The first kappa shape index (κ1) is 12.8. The van der Waals surface area contributed by atoms with Crippen molar-refractivity contribution in [3.05, 3.63) is 5.53 Å². The number of carbonyl (C=O) groups is 2. The number of hydrogen-bond acceptors (Lipinski definition) is 6. The summed E-state index contributed by atoms with van der Waals surface area (Å²) in [5, 5.41) is 36.6. The van der Waals surface area contributed by atoms with Crippen LogP contribution in [0.2, 0.25) is 0 Å². The van der Waals surface area contributed by atoms with Crippen LogP contribution in [0.5, 0.6) is 0 Å². The van der Waals surface area contributed by atoms with Crippen molar-refractivity contribution in [2.75, 3.05) is 0 Å². The number of nitrogens with one attached hydrogen (secondary N) is 1. The minimum atomic E-state index is -2.15. The predicted molar refractivity (Wildman–Crippen MR) is 39.4 cm³/mol. The highest BCUT2D eigenvalue weighted by molar-refractivity contribution is 5.71. The van der Waals surface area contributed by atoms with Crippen LogP contribution in [0, 0.1) is 0 Å². The van der Waals surface area contributed by atoms with Crippen molar-refractivity contribution in [1.82, 2.24) is 0 Å². The highest BCUT2D eigenvalue weighted by Crippen LogP contribution is 2.02. The van der Waals surface area contributed by atoms with Gasteiger partial charge in [-0.3, -0.25) is 5.11 Å². The molecule has 4 atom stereocenters. The lowest BCUT2D eigenvalue weighted by Crippen LogP contribution is -2.74. The van der Waals surface area contributed by atoms with Gasteiger partial charge in [0, 0.05) is 0 Å². The van der Waals surface area contributed by atoms with E-state index in [2.05, 4.69) is 0 Å². The van der Waals surface area contributed by atoms with E-state index in [0.717, 1.165) is 5.11 Å². The van der Waals surface area contributed by atoms with E-state index in [1.165, 1.54) is 0 Å². The van der Waals surface area contributed by atoms with Crippen LogP contribution in [-0.4, -0.2) is 57.0 Å². The van der Waals surface area contributed by atoms with E-state index in [9.17, 15) is 9.59 Å². The summed E-state index contributed by atoms with van der Waals surface area (Å²) in [6.45, 7) is 0. The highest BCUT2D eigenvalue weighted by atomic mass is 16.4. The molecule has 0 aliphatic rings. The van der Waals surface area contributed by atoms with Crippen molar-refractivity contribution >= 4 is 12.2 Å². The number of aliphatic hydroxyl groups excluding tert-OH is 4. The number of nitrogens with zero attached hydrogens (tertiary/aromatic N) is 1. The molecule has 0 rings (SSSR count). The second kappa shape index (κ2) is 5.50. The molecule has 0 aromatic carbocycles. The third-order valence-corrected chi connectivity index (χ3v) is 1.54. The Labute approximate surface area is 78.3 Å². The topological polar surface area (TPSA) is 151 Å². The molecule has 0 bridgehead atoms. The van der Waals surface area contributed by atoms with Gasteiger partial charge < -0.3 is 30.8 Å². The molecular formula is C6H10N2O6. The average Bonchev–Trinajstić information content (AvgIpc) is 2.23. The summed E-state index contributed by atoms with van der Waals surface area (Å²) in [6, 6.07) is 0. The molecule has 5 N–H and O–H groups in total. The molecule has 0 fully saturated rings. The molecule has 0 aromatic rings. The lowest BCUT2D eigenvalue weighted by molar-refractivity contribution is -0.408. The van der Waals surface area contributed by atoms with Crippen LogP contribution >= 0.6 is 0 Å². The van der Waals surface area contributed by atoms with E-state index >= 15 is 0 Å². The lowest BCUT2D eigenvalue weighted by Gasteiger charge is -2.20. The Balaban J connectivity index is 4.44. The van der Waals surface area contributed by atoms with E-state index in [4.69, 9.17) is 26.0 Å². The van der Waals surface area contributed by atoms with Crippen molar-refractivity contribution in [2.24, 2.45) is 0 Å². The SMILES string of the molecule is [N-]=[NH+]C(=O)[C@@H](O)[C@@H](O)[C@H](O)[C@@H](O)C=O. The molecule has 0 aromatic heterocycles. The van der Waals surface area contributed by atoms with E-state index in [-0.39, 0.29) is 6.29 Å². The number of rotatable bonds is 5. The van der Waals surface area contributed by atoms with Gasteiger partial charge in [-0.15, -0.1) is 0 Å². The van der Waals surface area contributed by atoms with Gasteiger partial charge in [-0.25, -0.2) is 4.79 Å². The molecule has 8 nitrogen and oxygen atoms in total. The highest BCUT2D eigenvalue weighted by Gasteiger charge is 2.36. The van der Waals surface area contributed by atoms with E-state index < -0.39 is 30.3 Å². The first-order chi connectivity index (χ1) is 6.45. The van der Waals surface area contributed by atoms with Crippen LogP contribution in [0.15, 0.2) is 0 Å². The van der Waals surface area contributed by atoms with Gasteiger partial charge in [0.1, 0.15) is 18.3 Å². The van der Waals surface area contributed by atoms with Gasteiger partial charge in [-0.05, 0) is 0 Å². The fourth-order valence-corrected chi connectivity index (χ4v) is 0.691. The quantitative estimate of drug-likeness (QED) is 0.225. The van der Waals surface area contributed by atoms with Gasteiger partial charge in [0.05, 0.1) is 0 Å². The first-order valence-corrected chi connectivity index (χ1v) is 3.57. The minimum Gasteiger partial charge on any atom is -0.499 e. The van der Waals surface area contributed by atoms with Gasteiger partial charge in [0.15, 0.2) is 6.29 Å². The summed E-state index contributed by atoms with van der Waals surface area (Å²) in [7, 11) is 0.